The maximum Gasteiger partial charge on any atom is 0.359 e. The van der Waals surface area contributed by atoms with Crippen molar-refractivity contribution >= 4 is 23.2 Å². The monoisotopic (exact) mass is 238 g/mol. The first kappa shape index (κ1) is 12.2. The van der Waals surface area contributed by atoms with Gasteiger partial charge in [0.2, 0.25) is 5.91 Å². The molecule has 1 amide bonds. The highest BCUT2D eigenvalue weighted by Gasteiger charge is 2.14. The van der Waals surface area contributed by atoms with Crippen molar-refractivity contribution in [3.05, 3.63) is 16.1 Å². The number of hydrogen-bond donors (Lipinski definition) is 1. The summed E-state index contributed by atoms with van der Waals surface area (Å²) in [5, 5.41) is 0. The summed E-state index contributed by atoms with van der Waals surface area (Å²) < 4.78 is 4.80. The number of aromatic nitrogens is 1. The second-order valence-electron chi connectivity index (χ2n) is 2.70. The predicted octanol–water partition coefficient (Wildman–Crippen LogP) is 0.547. The molecule has 1 aromatic heterocycles. The van der Waals surface area contributed by atoms with Crippen molar-refractivity contribution in [3.63, 3.8) is 0 Å². The van der Waals surface area contributed by atoms with E-state index in [1.165, 1.54) is 16.8 Å². The molecule has 2 N–H and O–H groups in total. The maximum atomic E-state index is 11.4. The summed E-state index contributed by atoms with van der Waals surface area (Å²) in [5.74, 6) is 4.22. The minimum absolute atomic E-state index is 0.0415. The van der Waals surface area contributed by atoms with Gasteiger partial charge in [-0.1, -0.05) is 11.8 Å². The van der Waals surface area contributed by atoms with Gasteiger partial charge < -0.3 is 10.5 Å². The molecule has 0 saturated carbocycles. The largest absolute Gasteiger partial charge is 0.461 e. The van der Waals surface area contributed by atoms with Crippen molar-refractivity contribution in [3.8, 4) is 11.8 Å². The lowest BCUT2D eigenvalue weighted by molar-refractivity contribution is -0.117. The number of hydrogen-bond acceptors (Lipinski definition) is 5. The Balaban J connectivity index is 2.80. The van der Waals surface area contributed by atoms with Crippen LogP contribution < -0.4 is 5.73 Å². The van der Waals surface area contributed by atoms with Gasteiger partial charge in [0.25, 0.3) is 0 Å². The van der Waals surface area contributed by atoms with Crippen molar-refractivity contribution in [1.82, 2.24) is 4.98 Å². The standard InChI is InChI=1S/C10H10N2O3S/c1-2-15-10(14)9-7(16-6-12-9)4-3-5-8(11)13/h6H,2,5H2,1H3,(H2,11,13). The summed E-state index contributed by atoms with van der Waals surface area (Å²) in [6.45, 7) is 1.99. The molecule has 6 heteroatoms. The fourth-order valence-electron chi connectivity index (χ4n) is 0.891. The number of carbonyl (C=O) groups excluding carboxylic acids is 2. The van der Waals surface area contributed by atoms with E-state index in [9.17, 15) is 9.59 Å². The van der Waals surface area contributed by atoms with Gasteiger partial charge in [-0.15, -0.1) is 11.3 Å². The molecular formula is C10H10N2O3S. The number of primary amides is 1. The summed E-state index contributed by atoms with van der Waals surface area (Å²) in [5.41, 5.74) is 6.62. The van der Waals surface area contributed by atoms with Gasteiger partial charge in [0.1, 0.15) is 4.88 Å². The van der Waals surface area contributed by atoms with Gasteiger partial charge in [0, 0.05) is 0 Å². The SMILES string of the molecule is CCOC(=O)c1ncsc1C#CCC(N)=O. The van der Waals surface area contributed by atoms with Crippen LogP contribution in [0.2, 0.25) is 0 Å². The van der Waals surface area contributed by atoms with Crippen LogP contribution in [0.1, 0.15) is 28.7 Å². The molecule has 0 aliphatic carbocycles. The second-order valence-corrected chi connectivity index (χ2v) is 3.55. The molecule has 0 spiro atoms. The molecule has 0 aliphatic rings. The molecular weight excluding hydrogens is 228 g/mol. The Morgan fingerprint density at radius 2 is 2.38 bits per heavy atom. The van der Waals surface area contributed by atoms with Gasteiger partial charge in [0.15, 0.2) is 5.69 Å². The highest BCUT2D eigenvalue weighted by atomic mass is 32.1. The average Bonchev–Trinajstić information content (AvgIpc) is 2.66. The Morgan fingerprint density at radius 1 is 1.62 bits per heavy atom. The first-order valence-electron chi connectivity index (χ1n) is 4.53. The first-order valence-corrected chi connectivity index (χ1v) is 5.41. The smallest absolute Gasteiger partial charge is 0.359 e. The van der Waals surface area contributed by atoms with E-state index in [4.69, 9.17) is 10.5 Å². The van der Waals surface area contributed by atoms with Crippen LogP contribution in [0.5, 0.6) is 0 Å². The Kier molecular flexibility index (Phi) is 4.48. The fourth-order valence-corrected chi connectivity index (χ4v) is 1.53. The predicted molar refractivity (Wildman–Crippen MR) is 58.8 cm³/mol. The van der Waals surface area contributed by atoms with Crippen LogP contribution >= 0.6 is 11.3 Å². The molecule has 0 aromatic carbocycles. The lowest BCUT2D eigenvalue weighted by Crippen LogP contribution is -2.08. The van der Waals surface area contributed by atoms with E-state index in [0.29, 0.717) is 4.88 Å². The van der Waals surface area contributed by atoms with Crippen LogP contribution in [0.3, 0.4) is 0 Å². The molecule has 1 heterocycles. The minimum Gasteiger partial charge on any atom is -0.461 e. The Bertz CT molecular complexity index is 456. The molecule has 1 rings (SSSR count). The van der Waals surface area contributed by atoms with Crippen LogP contribution in [-0.2, 0) is 9.53 Å². The van der Waals surface area contributed by atoms with Gasteiger partial charge in [-0.3, -0.25) is 4.79 Å². The lowest BCUT2D eigenvalue weighted by atomic mass is 10.3. The maximum absolute atomic E-state index is 11.4. The fraction of sp³-hybridized carbons (Fsp3) is 0.300. The Labute approximate surface area is 96.6 Å². The van der Waals surface area contributed by atoms with Crippen LogP contribution in [0.15, 0.2) is 5.51 Å². The molecule has 0 unspecified atom stereocenters. The lowest BCUT2D eigenvalue weighted by Gasteiger charge is -1.97. The normalized spacial score (nSPS) is 9.06. The third-order valence-electron chi connectivity index (χ3n) is 1.50. The molecule has 0 atom stereocenters. The molecule has 0 bridgehead atoms. The highest BCUT2D eigenvalue weighted by Crippen LogP contribution is 2.12. The zero-order valence-electron chi connectivity index (χ0n) is 8.65. The molecule has 1 aromatic rings. The number of amides is 1. The van der Waals surface area contributed by atoms with Crippen molar-refractivity contribution in [1.29, 1.82) is 0 Å². The third kappa shape index (κ3) is 3.37. The summed E-state index contributed by atoms with van der Waals surface area (Å²) in [7, 11) is 0. The van der Waals surface area contributed by atoms with Crippen molar-refractivity contribution in [2.24, 2.45) is 5.73 Å². The third-order valence-corrected chi connectivity index (χ3v) is 2.24. The van der Waals surface area contributed by atoms with Crippen LogP contribution in [0.25, 0.3) is 0 Å². The van der Waals surface area contributed by atoms with E-state index in [0.717, 1.165) is 0 Å². The molecule has 0 saturated heterocycles. The number of ether oxygens (including phenoxy) is 1. The van der Waals surface area contributed by atoms with E-state index < -0.39 is 11.9 Å². The van der Waals surface area contributed by atoms with Crippen LogP contribution in [0, 0.1) is 11.8 Å². The number of esters is 1. The van der Waals surface area contributed by atoms with Gasteiger partial charge >= 0.3 is 5.97 Å². The van der Waals surface area contributed by atoms with Crippen molar-refractivity contribution in [2.45, 2.75) is 13.3 Å². The molecule has 84 valence electrons. The molecule has 5 nitrogen and oxygen atoms in total. The number of thiazole rings is 1. The topological polar surface area (TPSA) is 82.3 Å². The summed E-state index contributed by atoms with van der Waals surface area (Å²) >= 11 is 1.22. The van der Waals surface area contributed by atoms with E-state index in [1.54, 1.807) is 6.92 Å². The first-order chi connectivity index (χ1) is 7.65. The van der Waals surface area contributed by atoms with Crippen molar-refractivity contribution in [2.75, 3.05) is 6.61 Å². The second kappa shape index (κ2) is 5.88. The minimum atomic E-state index is -0.507. The van der Waals surface area contributed by atoms with Crippen LogP contribution in [0.4, 0.5) is 0 Å². The molecule has 0 radical (unpaired) electrons. The van der Waals surface area contributed by atoms with E-state index in [-0.39, 0.29) is 18.7 Å². The zero-order chi connectivity index (χ0) is 12.0. The van der Waals surface area contributed by atoms with Gasteiger partial charge in [-0.2, -0.15) is 0 Å². The quantitative estimate of drug-likeness (QED) is 0.615. The summed E-state index contributed by atoms with van der Waals surface area (Å²) in [6, 6.07) is 0. The number of nitrogens with two attached hydrogens (primary N) is 1. The summed E-state index contributed by atoms with van der Waals surface area (Å²) in [6.07, 6.45) is -0.0415. The van der Waals surface area contributed by atoms with Gasteiger partial charge in [0.05, 0.1) is 18.5 Å². The van der Waals surface area contributed by atoms with E-state index >= 15 is 0 Å². The Hall–Kier alpha value is -1.87. The van der Waals surface area contributed by atoms with E-state index in [1.807, 2.05) is 0 Å². The average molecular weight is 238 g/mol. The molecule has 0 aliphatic heterocycles. The number of nitrogens with zero attached hydrogens (tertiary/aromatic N) is 1. The molecule has 16 heavy (non-hydrogen) atoms. The number of rotatable bonds is 3. The molecule has 0 fully saturated rings. The number of carbonyl (C=O) groups is 2. The van der Waals surface area contributed by atoms with Gasteiger partial charge in [-0.25, -0.2) is 9.78 Å². The van der Waals surface area contributed by atoms with Crippen molar-refractivity contribution < 1.29 is 14.3 Å². The van der Waals surface area contributed by atoms with E-state index in [2.05, 4.69) is 16.8 Å². The Morgan fingerprint density at radius 3 is 3.00 bits per heavy atom. The van der Waals surface area contributed by atoms with Gasteiger partial charge in [-0.05, 0) is 6.92 Å². The zero-order valence-corrected chi connectivity index (χ0v) is 9.47. The highest BCUT2D eigenvalue weighted by molar-refractivity contribution is 7.10. The summed E-state index contributed by atoms with van der Waals surface area (Å²) in [4.78, 5) is 26.2. The van der Waals surface area contributed by atoms with Crippen LogP contribution in [-0.4, -0.2) is 23.5 Å².